The van der Waals surface area contributed by atoms with Crippen LogP contribution in [-0.2, 0) is 0 Å². The van der Waals surface area contributed by atoms with Gasteiger partial charge >= 0.3 is 0 Å². The van der Waals surface area contributed by atoms with Crippen molar-refractivity contribution in [2.24, 2.45) is 0 Å². The molecule has 0 atom stereocenters. The van der Waals surface area contributed by atoms with Crippen molar-refractivity contribution in [3.05, 3.63) is 108 Å². The molecule has 0 aliphatic rings. The maximum Gasteiger partial charge on any atom is 0.101 e. The van der Waals surface area contributed by atoms with E-state index < -0.39 is 8.07 Å². The first kappa shape index (κ1) is 22.8. The normalized spacial score (nSPS) is 11.6. The Kier molecular flexibility index (Phi) is 5.23. The summed E-state index contributed by atoms with van der Waals surface area (Å²) in [5.74, 6) is 0. The Labute approximate surface area is 217 Å². The lowest BCUT2D eigenvalue weighted by Crippen LogP contribution is -2.37. The Hall–Kier alpha value is -4.64. The monoisotopic (exact) mass is 491 g/mol. The molecule has 0 saturated heterocycles. The van der Waals surface area contributed by atoms with Gasteiger partial charge < -0.3 is 4.90 Å². The summed E-state index contributed by atoms with van der Waals surface area (Å²) in [5.41, 5.74) is 3.68. The molecule has 0 fully saturated rings. The number of nitriles is 2. The fraction of sp³-hybridized carbons (Fsp3) is 0.0909. The number of nitrogens with zero attached hydrogens (tertiary/aromatic N) is 3. The number of rotatable bonds is 4. The van der Waals surface area contributed by atoms with Gasteiger partial charge in [-0.05, 0) is 63.3 Å². The first-order valence-electron chi connectivity index (χ1n) is 12.4. The molecule has 176 valence electrons. The Morgan fingerprint density at radius 2 is 1.19 bits per heavy atom. The molecule has 0 bridgehead atoms. The molecule has 6 rings (SSSR count). The van der Waals surface area contributed by atoms with Crippen LogP contribution in [0.5, 0.6) is 0 Å². The second kappa shape index (κ2) is 8.49. The molecule has 6 aromatic rings. The fourth-order valence-corrected chi connectivity index (χ4v) is 6.48. The van der Waals surface area contributed by atoms with E-state index in [0.717, 1.165) is 22.4 Å². The number of hydrogen-bond acceptors (Lipinski definition) is 3. The third-order valence-corrected chi connectivity index (χ3v) is 9.31. The van der Waals surface area contributed by atoms with Crippen LogP contribution >= 0.6 is 0 Å². The molecule has 6 aromatic carbocycles. The average molecular weight is 492 g/mol. The van der Waals surface area contributed by atoms with Gasteiger partial charge in [-0.15, -0.1) is 0 Å². The molecular formula is C33H25N3Si. The zero-order valence-electron chi connectivity index (χ0n) is 21.1. The highest BCUT2D eigenvalue weighted by Crippen LogP contribution is 2.43. The second-order valence-electron chi connectivity index (χ2n) is 10.5. The predicted octanol–water partition coefficient (Wildman–Crippen LogP) is 8.34. The van der Waals surface area contributed by atoms with Gasteiger partial charge in [-0.25, -0.2) is 0 Å². The van der Waals surface area contributed by atoms with Crippen LogP contribution in [0, 0.1) is 22.7 Å². The standard InChI is InChI=1S/C33H25N3Si/c1-37(2,3)29-15-13-27(14-16-29)36(28-12-9-25(20-34)26(19-28)21-35)31-18-11-24-8-7-22-5-4-6-23-10-17-30(31)33(24)32(22)23/h4-19H,1-3H3. The van der Waals surface area contributed by atoms with Crippen molar-refractivity contribution < 1.29 is 0 Å². The summed E-state index contributed by atoms with van der Waals surface area (Å²) in [6.45, 7) is 7.04. The van der Waals surface area contributed by atoms with Gasteiger partial charge in [0.25, 0.3) is 0 Å². The van der Waals surface area contributed by atoms with E-state index in [0.29, 0.717) is 11.1 Å². The summed E-state index contributed by atoms with van der Waals surface area (Å²) in [4.78, 5) is 2.21. The summed E-state index contributed by atoms with van der Waals surface area (Å²) >= 11 is 0. The minimum absolute atomic E-state index is 0.376. The number of hydrogen-bond donors (Lipinski definition) is 0. The minimum atomic E-state index is -1.46. The first-order chi connectivity index (χ1) is 17.9. The molecule has 0 heterocycles. The highest BCUT2D eigenvalue weighted by Gasteiger charge is 2.21. The van der Waals surface area contributed by atoms with E-state index in [1.807, 2.05) is 12.1 Å². The third-order valence-electron chi connectivity index (χ3n) is 7.24. The summed E-state index contributed by atoms with van der Waals surface area (Å²) in [6.07, 6.45) is 0. The molecule has 0 aromatic heterocycles. The smallest absolute Gasteiger partial charge is 0.101 e. The zero-order chi connectivity index (χ0) is 25.7. The predicted molar refractivity (Wildman–Crippen MR) is 157 cm³/mol. The van der Waals surface area contributed by atoms with E-state index in [1.54, 1.807) is 6.07 Å². The van der Waals surface area contributed by atoms with E-state index in [2.05, 4.69) is 116 Å². The van der Waals surface area contributed by atoms with Gasteiger partial charge in [0.15, 0.2) is 0 Å². The Morgan fingerprint density at radius 3 is 1.84 bits per heavy atom. The topological polar surface area (TPSA) is 50.8 Å². The molecule has 3 nitrogen and oxygen atoms in total. The van der Waals surface area contributed by atoms with Crippen molar-refractivity contribution in [3.63, 3.8) is 0 Å². The van der Waals surface area contributed by atoms with Gasteiger partial charge in [-0.3, -0.25) is 0 Å². The highest BCUT2D eigenvalue weighted by atomic mass is 28.3. The van der Waals surface area contributed by atoms with Crippen molar-refractivity contribution in [2.45, 2.75) is 19.6 Å². The van der Waals surface area contributed by atoms with Crippen LogP contribution in [0.1, 0.15) is 11.1 Å². The van der Waals surface area contributed by atoms with Crippen molar-refractivity contribution in [2.75, 3.05) is 4.90 Å². The van der Waals surface area contributed by atoms with Crippen molar-refractivity contribution in [3.8, 4) is 12.1 Å². The van der Waals surface area contributed by atoms with Gasteiger partial charge in [0.05, 0.1) is 24.9 Å². The molecular weight excluding hydrogens is 466 g/mol. The molecule has 0 spiro atoms. The van der Waals surface area contributed by atoms with Crippen LogP contribution in [0.15, 0.2) is 97.1 Å². The van der Waals surface area contributed by atoms with Crippen LogP contribution in [0.3, 0.4) is 0 Å². The Balaban J connectivity index is 1.66. The second-order valence-corrected chi connectivity index (χ2v) is 15.6. The molecule has 0 amide bonds. The molecule has 0 unspecified atom stereocenters. The van der Waals surface area contributed by atoms with Crippen LogP contribution < -0.4 is 10.1 Å². The quantitative estimate of drug-likeness (QED) is 0.184. The molecule has 0 N–H and O–H groups in total. The number of anilines is 3. The van der Waals surface area contributed by atoms with E-state index in [-0.39, 0.29) is 0 Å². The Bertz CT molecular complexity index is 1870. The van der Waals surface area contributed by atoms with Crippen molar-refractivity contribution in [1.82, 2.24) is 0 Å². The Morgan fingerprint density at radius 1 is 0.595 bits per heavy atom. The summed E-state index contributed by atoms with van der Waals surface area (Å²) in [7, 11) is -1.46. The summed E-state index contributed by atoms with van der Waals surface area (Å²) in [6, 6.07) is 38.2. The highest BCUT2D eigenvalue weighted by molar-refractivity contribution is 6.88. The molecule has 0 aliphatic carbocycles. The maximum atomic E-state index is 9.76. The maximum absolute atomic E-state index is 9.76. The van der Waals surface area contributed by atoms with Gasteiger partial charge in [0.1, 0.15) is 12.1 Å². The molecule has 4 heteroatoms. The van der Waals surface area contributed by atoms with Gasteiger partial charge in [0.2, 0.25) is 0 Å². The third kappa shape index (κ3) is 3.71. The minimum Gasteiger partial charge on any atom is -0.310 e. The van der Waals surface area contributed by atoms with E-state index in [1.165, 1.54) is 32.1 Å². The molecule has 0 aliphatic heterocycles. The zero-order valence-corrected chi connectivity index (χ0v) is 22.1. The van der Waals surface area contributed by atoms with E-state index in [4.69, 9.17) is 0 Å². The van der Waals surface area contributed by atoms with Crippen LogP contribution in [0.2, 0.25) is 19.6 Å². The SMILES string of the molecule is C[Si](C)(C)c1ccc(N(c2ccc(C#N)c(C#N)c2)c2ccc3ccc4cccc5ccc2c3c45)cc1. The lowest BCUT2D eigenvalue weighted by atomic mass is 9.93. The van der Waals surface area contributed by atoms with Crippen LogP contribution in [-0.4, -0.2) is 8.07 Å². The van der Waals surface area contributed by atoms with Crippen molar-refractivity contribution >= 4 is 62.6 Å². The molecule has 37 heavy (non-hydrogen) atoms. The average Bonchev–Trinajstić information content (AvgIpc) is 2.92. The lowest BCUT2D eigenvalue weighted by molar-refractivity contribution is 1.29. The van der Waals surface area contributed by atoms with Crippen LogP contribution in [0.25, 0.3) is 32.3 Å². The van der Waals surface area contributed by atoms with E-state index >= 15 is 0 Å². The number of benzene rings is 6. The largest absolute Gasteiger partial charge is 0.310 e. The van der Waals surface area contributed by atoms with Gasteiger partial charge in [0, 0.05) is 16.8 Å². The van der Waals surface area contributed by atoms with Gasteiger partial charge in [-0.2, -0.15) is 10.5 Å². The summed E-state index contributed by atoms with van der Waals surface area (Å²) in [5, 5.41) is 28.0. The van der Waals surface area contributed by atoms with Crippen LogP contribution in [0.4, 0.5) is 17.1 Å². The lowest BCUT2D eigenvalue weighted by Gasteiger charge is -2.28. The van der Waals surface area contributed by atoms with E-state index in [9.17, 15) is 10.5 Å². The van der Waals surface area contributed by atoms with Crippen molar-refractivity contribution in [1.29, 1.82) is 10.5 Å². The molecule has 0 saturated carbocycles. The molecule has 0 radical (unpaired) electrons. The summed E-state index contributed by atoms with van der Waals surface area (Å²) < 4.78 is 0. The van der Waals surface area contributed by atoms with Gasteiger partial charge in [-0.1, -0.05) is 85.5 Å². The first-order valence-corrected chi connectivity index (χ1v) is 15.9. The fourth-order valence-electron chi connectivity index (χ4n) is 5.31.